The van der Waals surface area contributed by atoms with Gasteiger partial charge < -0.3 is 10.0 Å². The van der Waals surface area contributed by atoms with E-state index < -0.39 is 0 Å². The highest BCUT2D eigenvalue weighted by atomic mass is 31.1. The van der Waals surface area contributed by atoms with Crippen LogP contribution >= 0.6 is 8.58 Å². The fourth-order valence-corrected chi connectivity index (χ4v) is 3.81. The van der Waals surface area contributed by atoms with Gasteiger partial charge in [-0.15, -0.1) is 0 Å². The topological polar surface area (TPSA) is 23.5 Å². The number of rotatable bonds is 3. The second kappa shape index (κ2) is 5.85. The highest BCUT2D eigenvalue weighted by Crippen LogP contribution is 2.27. The lowest BCUT2D eigenvalue weighted by atomic mass is 10.1. The first kappa shape index (κ1) is 14.9. The number of aromatic hydroxyl groups is 1. The Morgan fingerprint density at radius 1 is 0.900 bits per heavy atom. The summed E-state index contributed by atoms with van der Waals surface area (Å²) in [6, 6.07) is 10.6. The first-order valence-corrected chi connectivity index (χ1v) is 7.73. The van der Waals surface area contributed by atoms with E-state index in [-0.39, 0.29) is 0 Å². The Kier molecular flexibility index (Phi) is 4.35. The minimum atomic E-state index is 0.430. The summed E-state index contributed by atoms with van der Waals surface area (Å²) in [5.41, 5.74) is 4.63. The summed E-state index contributed by atoms with van der Waals surface area (Å²) in [5, 5.41) is 12.5. The molecular weight excluding hydrogens is 265 g/mol. The largest absolute Gasteiger partial charge is 0.507 e. The van der Waals surface area contributed by atoms with Gasteiger partial charge in [-0.3, -0.25) is 0 Å². The average Bonchev–Trinajstić information content (AvgIpc) is 2.37. The number of anilines is 1. The highest BCUT2D eigenvalue weighted by Gasteiger charge is 2.10. The van der Waals surface area contributed by atoms with Crippen LogP contribution in [0.2, 0.25) is 0 Å². The van der Waals surface area contributed by atoms with Crippen LogP contribution < -0.4 is 15.5 Å². The molecule has 106 valence electrons. The molecule has 0 aliphatic heterocycles. The molecule has 20 heavy (non-hydrogen) atoms. The third-order valence-corrected chi connectivity index (χ3v) is 4.69. The summed E-state index contributed by atoms with van der Waals surface area (Å²) < 4.78 is 0. The molecule has 0 saturated heterocycles. The summed E-state index contributed by atoms with van der Waals surface area (Å²) >= 11 is 0. The second-order valence-corrected chi connectivity index (χ2v) is 6.85. The Hall–Kier alpha value is -1.53. The van der Waals surface area contributed by atoms with Gasteiger partial charge in [-0.1, -0.05) is 26.8 Å². The molecule has 0 heterocycles. The van der Waals surface area contributed by atoms with Gasteiger partial charge in [0.1, 0.15) is 5.75 Å². The number of benzene rings is 2. The molecule has 2 rings (SSSR count). The predicted octanol–water partition coefficient (Wildman–Crippen LogP) is 3.01. The molecule has 0 radical (unpaired) electrons. The average molecular weight is 287 g/mol. The van der Waals surface area contributed by atoms with E-state index in [0.717, 1.165) is 10.9 Å². The van der Waals surface area contributed by atoms with Crippen LogP contribution in [0.25, 0.3) is 0 Å². The van der Waals surface area contributed by atoms with Crippen LogP contribution in [0, 0.1) is 20.8 Å². The third-order valence-electron chi connectivity index (χ3n) is 3.35. The van der Waals surface area contributed by atoms with E-state index in [2.05, 4.69) is 57.1 Å². The lowest BCUT2D eigenvalue weighted by molar-refractivity contribution is 0.475. The number of phenols is 1. The number of aryl methyl sites for hydroxylation is 3. The Bertz CT molecular complexity index is 635. The fourth-order valence-electron chi connectivity index (χ4n) is 2.32. The van der Waals surface area contributed by atoms with E-state index in [1.165, 1.54) is 22.1 Å². The van der Waals surface area contributed by atoms with Gasteiger partial charge in [0.2, 0.25) is 0 Å². The molecule has 0 aliphatic rings. The van der Waals surface area contributed by atoms with Gasteiger partial charge in [0.25, 0.3) is 0 Å². The molecule has 3 heteroatoms. The SMILES string of the molecule is Cc1cc(C)c(O)c(Pc2ccc(C)cc2N(C)C)c1. The second-order valence-electron chi connectivity index (χ2n) is 5.52. The van der Waals surface area contributed by atoms with Crippen molar-refractivity contribution in [3.63, 3.8) is 0 Å². The Labute approximate surface area is 123 Å². The Morgan fingerprint density at radius 2 is 1.60 bits per heavy atom. The van der Waals surface area contributed by atoms with Gasteiger partial charge in [0.15, 0.2) is 0 Å². The zero-order valence-electron chi connectivity index (χ0n) is 12.8. The van der Waals surface area contributed by atoms with Crippen LogP contribution in [0.5, 0.6) is 5.75 Å². The molecule has 2 nitrogen and oxygen atoms in total. The van der Waals surface area contributed by atoms with Crippen molar-refractivity contribution in [2.45, 2.75) is 20.8 Å². The standard InChI is InChI=1S/C17H22NOP/c1-11-6-7-15(14(9-11)18(4)5)20-16-10-12(2)8-13(3)17(16)19/h6-10,19-20H,1-5H3. The van der Waals surface area contributed by atoms with E-state index in [0.29, 0.717) is 14.3 Å². The molecule has 1 atom stereocenters. The van der Waals surface area contributed by atoms with E-state index in [4.69, 9.17) is 0 Å². The van der Waals surface area contributed by atoms with Crippen LogP contribution in [0.3, 0.4) is 0 Å². The van der Waals surface area contributed by atoms with Crippen molar-refractivity contribution in [3.05, 3.63) is 47.0 Å². The number of hydrogen-bond acceptors (Lipinski definition) is 2. The first-order chi connectivity index (χ1) is 9.38. The highest BCUT2D eigenvalue weighted by molar-refractivity contribution is 7.56. The van der Waals surface area contributed by atoms with Crippen molar-refractivity contribution < 1.29 is 5.11 Å². The van der Waals surface area contributed by atoms with Gasteiger partial charge in [-0.25, -0.2) is 0 Å². The molecule has 0 aliphatic carbocycles. The summed E-state index contributed by atoms with van der Waals surface area (Å²) in [7, 11) is 4.58. The van der Waals surface area contributed by atoms with Crippen LogP contribution in [0.15, 0.2) is 30.3 Å². The first-order valence-electron chi connectivity index (χ1n) is 6.73. The van der Waals surface area contributed by atoms with Crippen molar-refractivity contribution in [2.24, 2.45) is 0 Å². The Balaban J connectivity index is 2.45. The zero-order valence-corrected chi connectivity index (χ0v) is 13.8. The lowest BCUT2D eigenvalue weighted by Crippen LogP contribution is -2.18. The van der Waals surface area contributed by atoms with Gasteiger partial charge in [-0.2, -0.15) is 0 Å². The molecule has 1 unspecified atom stereocenters. The van der Waals surface area contributed by atoms with Crippen molar-refractivity contribution in [1.82, 2.24) is 0 Å². The molecule has 1 N–H and O–H groups in total. The van der Waals surface area contributed by atoms with Gasteiger partial charge in [0, 0.05) is 30.4 Å². The van der Waals surface area contributed by atoms with Crippen molar-refractivity contribution in [3.8, 4) is 5.75 Å². The quantitative estimate of drug-likeness (QED) is 0.877. The van der Waals surface area contributed by atoms with Crippen LogP contribution in [0.4, 0.5) is 5.69 Å². The minimum Gasteiger partial charge on any atom is -0.507 e. The van der Waals surface area contributed by atoms with Crippen molar-refractivity contribution >= 4 is 24.9 Å². The minimum absolute atomic E-state index is 0.430. The van der Waals surface area contributed by atoms with Crippen LogP contribution in [-0.4, -0.2) is 19.2 Å². The third kappa shape index (κ3) is 3.13. The maximum Gasteiger partial charge on any atom is 0.126 e. The number of phenolic OH excluding ortho intramolecular Hbond substituents is 1. The Morgan fingerprint density at radius 3 is 2.25 bits per heavy atom. The van der Waals surface area contributed by atoms with E-state index in [9.17, 15) is 5.11 Å². The van der Waals surface area contributed by atoms with Gasteiger partial charge in [-0.05, 0) is 49.6 Å². The summed E-state index contributed by atoms with van der Waals surface area (Å²) in [4.78, 5) is 2.13. The van der Waals surface area contributed by atoms with Gasteiger partial charge >= 0.3 is 0 Å². The molecule has 0 amide bonds. The molecule has 0 saturated carbocycles. The maximum absolute atomic E-state index is 10.3. The monoisotopic (exact) mass is 287 g/mol. The van der Waals surface area contributed by atoms with Crippen molar-refractivity contribution in [1.29, 1.82) is 0 Å². The molecule has 0 spiro atoms. The molecule has 2 aromatic carbocycles. The summed E-state index contributed by atoms with van der Waals surface area (Å²) in [5.74, 6) is 0.430. The molecule has 2 aromatic rings. The zero-order chi connectivity index (χ0) is 14.9. The maximum atomic E-state index is 10.3. The fraction of sp³-hybridized carbons (Fsp3) is 0.294. The normalized spacial score (nSPS) is 11.2. The van der Waals surface area contributed by atoms with Gasteiger partial charge in [0.05, 0.1) is 0 Å². The summed E-state index contributed by atoms with van der Waals surface area (Å²) in [6.45, 7) is 6.13. The van der Waals surface area contributed by atoms with Crippen LogP contribution in [0.1, 0.15) is 16.7 Å². The van der Waals surface area contributed by atoms with Crippen LogP contribution in [-0.2, 0) is 0 Å². The van der Waals surface area contributed by atoms with E-state index in [1.807, 2.05) is 13.0 Å². The summed E-state index contributed by atoms with van der Waals surface area (Å²) in [6.07, 6.45) is 0. The van der Waals surface area contributed by atoms with E-state index >= 15 is 0 Å². The number of hydrogen-bond donors (Lipinski definition) is 1. The predicted molar refractivity (Wildman–Crippen MR) is 90.7 cm³/mol. The van der Waals surface area contributed by atoms with Crippen molar-refractivity contribution in [2.75, 3.05) is 19.0 Å². The molecular formula is C17H22NOP. The smallest absolute Gasteiger partial charge is 0.126 e. The molecule has 0 fully saturated rings. The molecule has 0 aromatic heterocycles. The number of nitrogens with zero attached hydrogens (tertiary/aromatic N) is 1. The lowest BCUT2D eigenvalue weighted by Gasteiger charge is -2.19. The van der Waals surface area contributed by atoms with E-state index in [1.54, 1.807) is 0 Å². The molecule has 0 bridgehead atoms.